The third kappa shape index (κ3) is 3.25. The highest BCUT2D eigenvalue weighted by Crippen LogP contribution is 2.27. The molecule has 2 nitrogen and oxygen atoms in total. The van der Waals surface area contributed by atoms with Crippen LogP contribution in [0, 0.1) is 5.92 Å². The summed E-state index contributed by atoms with van der Waals surface area (Å²) in [4.78, 5) is 4.54. The van der Waals surface area contributed by atoms with Gasteiger partial charge in [0.05, 0.1) is 6.54 Å². The van der Waals surface area contributed by atoms with Gasteiger partial charge >= 0.3 is 0 Å². The first-order chi connectivity index (χ1) is 8.19. The van der Waals surface area contributed by atoms with Gasteiger partial charge in [0.1, 0.15) is 0 Å². The fourth-order valence-electron chi connectivity index (χ4n) is 1.75. The van der Waals surface area contributed by atoms with Crippen molar-refractivity contribution >= 4 is 22.6 Å². The van der Waals surface area contributed by atoms with Crippen molar-refractivity contribution < 1.29 is 0 Å². The van der Waals surface area contributed by atoms with E-state index in [1.54, 1.807) is 0 Å². The number of anilines is 1. The molecule has 1 aromatic carbocycles. The molecule has 0 saturated heterocycles. The highest BCUT2D eigenvalue weighted by atomic mass is 32.2. The van der Waals surface area contributed by atoms with Crippen molar-refractivity contribution in [3.05, 3.63) is 29.8 Å². The third-order valence-corrected chi connectivity index (χ3v) is 4.49. The van der Waals surface area contributed by atoms with E-state index in [2.05, 4.69) is 55.3 Å². The Bertz CT molecular complexity index is 395. The van der Waals surface area contributed by atoms with Gasteiger partial charge in [-0.15, -0.1) is 0 Å². The van der Waals surface area contributed by atoms with Gasteiger partial charge in [-0.1, -0.05) is 44.7 Å². The van der Waals surface area contributed by atoms with Crippen molar-refractivity contribution in [3.63, 3.8) is 0 Å². The minimum atomic E-state index is 0.632. The van der Waals surface area contributed by atoms with E-state index in [1.807, 2.05) is 11.8 Å². The monoisotopic (exact) mass is 248 g/mol. The van der Waals surface area contributed by atoms with Gasteiger partial charge in [0.15, 0.2) is 5.17 Å². The molecule has 1 heterocycles. The molecule has 1 aliphatic rings. The SMILES string of the molecule is CCc1ccc(NC2=NCC(C(C)C)S2)cc1. The van der Waals surface area contributed by atoms with E-state index in [9.17, 15) is 0 Å². The first-order valence-corrected chi connectivity index (χ1v) is 7.14. The average Bonchev–Trinajstić information content (AvgIpc) is 2.79. The minimum Gasteiger partial charge on any atom is -0.335 e. The Morgan fingerprint density at radius 1 is 1.35 bits per heavy atom. The predicted molar refractivity (Wildman–Crippen MR) is 78.0 cm³/mol. The van der Waals surface area contributed by atoms with Gasteiger partial charge in [-0.25, -0.2) is 0 Å². The zero-order valence-corrected chi connectivity index (χ0v) is 11.6. The molecule has 92 valence electrons. The van der Waals surface area contributed by atoms with Crippen LogP contribution in [0.25, 0.3) is 0 Å². The highest BCUT2D eigenvalue weighted by Gasteiger charge is 2.22. The van der Waals surface area contributed by atoms with Crippen LogP contribution in [0.1, 0.15) is 26.3 Å². The third-order valence-electron chi connectivity index (χ3n) is 3.03. The van der Waals surface area contributed by atoms with Crippen LogP contribution >= 0.6 is 11.8 Å². The number of aliphatic imine (C=N–C) groups is 1. The molecule has 0 saturated carbocycles. The normalized spacial score (nSPS) is 19.5. The van der Waals surface area contributed by atoms with Crippen LogP contribution in [0.15, 0.2) is 29.3 Å². The Morgan fingerprint density at radius 3 is 2.59 bits per heavy atom. The zero-order chi connectivity index (χ0) is 12.3. The summed E-state index contributed by atoms with van der Waals surface area (Å²) in [6, 6.07) is 8.60. The number of nitrogens with zero attached hydrogens (tertiary/aromatic N) is 1. The van der Waals surface area contributed by atoms with E-state index in [1.165, 1.54) is 5.56 Å². The van der Waals surface area contributed by atoms with E-state index >= 15 is 0 Å². The fraction of sp³-hybridized carbons (Fsp3) is 0.500. The van der Waals surface area contributed by atoms with Crippen molar-refractivity contribution in [2.75, 3.05) is 11.9 Å². The van der Waals surface area contributed by atoms with Crippen molar-refractivity contribution in [2.45, 2.75) is 32.4 Å². The fourth-order valence-corrected chi connectivity index (χ4v) is 2.79. The molecule has 0 fully saturated rings. The number of amidine groups is 1. The number of thioether (sulfide) groups is 1. The lowest BCUT2D eigenvalue weighted by Crippen LogP contribution is -2.13. The smallest absolute Gasteiger partial charge is 0.161 e. The summed E-state index contributed by atoms with van der Waals surface area (Å²) < 4.78 is 0. The number of hydrogen-bond donors (Lipinski definition) is 1. The number of nitrogens with one attached hydrogen (secondary N) is 1. The standard InChI is InChI=1S/C14H20N2S/c1-4-11-5-7-12(8-6-11)16-14-15-9-13(17-14)10(2)3/h5-8,10,13H,4,9H2,1-3H3,(H,15,16). The van der Waals surface area contributed by atoms with Gasteiger partial charge in [-0.05, 0) is 30.0 Å². The Morgan fingerprint density at radius 2 is 2.06 bits per heavy atom. The second kappa shape index (κ2) is 5.58. The molecule has 0 radical (unpaired) electrons. The van der Waals surface area contributed by atoms with Gasteiger partial charge < -0.3 is 5.32 Å². The van der Waals surface area contributed by atoms with Crippen LogP contribution in [0.5, 0.6) is 0 Å². The number of hydrogen-bond acceptors (Lipinski definition) is 3. The summed E-state index contributed by atoms with van der Waals surface area (Å²) >= 11 is 1.86. The number of aryl methyl sites for hydroxylation is 1. The van der Waals surface area contributed by atoms with Gasteiger partial charge in [-0.2, -0.15) is 0 Å². The minimum absolute atomic E-state index is 0.632. The van der Waals surface area contributed by atoms with E-state index in [0.29, 0.717) is 11.2 Å². The van der Waals surface area contributed by atoms with Gasteiger partial charge in [-0.3, -0.25) is 4.99 Å². The molecule has 17 heavy (non-hydrogen) atoms. The predicted octanol–water partition coefficient (Wildman–Crippen LogP) is 3.79. The maximum Gasteiger partial charge on any atom is 0.161 e. The van der Waals surface area contributed by atoms with Crippen molar-refractivity contribution in [2.24, 2.45) is 10.9 Å². The molecule has 1 aliphatic heterocycles. The maximum absolute atomic E-state index is 4.54. The van der Waals surface area contributed by atoms with Crippen molar-refractivity contribution in [3.8, 4) is 0 Å². The second-order valence-corrected chi connectivity index (χ2v) is 5.95. The second-order valence-electron chi connectivity index (χ2n) is 4.72. The molecular weight excluding hydrogens is 228 g/mol. The summed E-state index contributed by atoms with van der Waals surface area (Å²) in [7, 11) is 0. The number of benzene rings is 1. The Balaban J connectivity index is 1.93. The lowest BCUT2D eigenvalue weighted by Gasteiger charge is -2.12. The summed E-state index contributed by atoms with van der Waals surface area (Å²) in [5, 5.41) is 5.08. The van der Waals surface area contributed by atoms with E-state index in [4.69, 9.17) is 0 Å². The lowest BCUT2D eigenvalue weighted by molar-refractivity contribution is 0.621. The summed E-state index contributed by atoms with van der Waals surface area (Å²) in [5.74, 6) is 0.686. The maximum atomic E-state index is 4.54. The molecule has 2 rings (SSSR count). The van der Waals surface area contributed by atoms with Crippen LogP contribution in [-0.2, 0) is 6.42 Å². The van der Waals surface area contributed by atoms with Crippen LogP contribution in [0.3, 0.4) is 0 Å². The highest BCUT2D eigenvalue weighted by molar-refractivity contribution is 8.15. The van der Waals surface area contributed by atoms with Gasteiger partial charge in [0.2, 0.25) is 0 Å². The van der Waals surface area contributed by atoms with Crippen LogP contribution in [0.2, 0.25) is 0 Å². The molecule has 0 spiro atoms. The first kappa shape index (κ1) is 12.5. The topological polar surface area (TPSA) is 24.4 Å². The van der Waals surface area contributed by atoms with E-state index in [-0.39, 0.29) is 0 Å². The van der Waals surface area contributed by atoms with E-state index in [0.717, 1.165) is 23.8 Å². The van der Waals surface area contributed by atoms with E-state index < -0.39 is 0 Å². The average molecular weight is 248 g/mol. The molecule has 1 unspecified atom stereocenters. The molecule has 0 bridgehead atoms. The molecule has 1 atom stereocenters. The molecular formula is C14H20N2S. The molecule has 0 amide bonds. The Kier molecular flexibility index (Phi) is 4.11. The first-order valence-electron chi connectivity index (χ1n) is 6.26. The zero-order valence-electron chi connectivity index (χ0n) is 10.7. The summed E-state index contributed by atoms with van der Waals surface area (Å²) in [6.07, 6.45) is 1.09. The summed E-state index contributed by atoms with van der Waals surface area (Å²) in [5.41, 5.74) is 2.51. The van der Waals surface area contributed by atoms with Crippen molar-refractivity contribution in [1.82, 2.24) is 0 Å². The number of rotatable bonds is 3. The Hall–Kier alpha value is -0.960. The van der Waals surface area contributed by atoms with Crippen molar-refractivity contribution in [1.29, 1.82) is 0 Å². The molecule has 1 N–H and O–H groups in total. The lowest BCUT2D eigenvalue weighted by atomic mass is 10.1. The largest absolute Gasteiger partial charge is 0.335 e. The quantitative estimate of drug-likeness (QED) is 0.880. The van der Waals surface area contributed by atoms with Crippen LogP contribution < -0.4 is 5.32 Å². The van der Waals surface area contributed by atoms with Crippen LogP contribution in [0.4, 0.5) is 5.69 Å². The molecule has 1 aromatic rings. The van der Waals surface area contributed by atoms with Gasteiger partial charge in [0, 0.05) is 10.9 Å². The molecule has 0 aromatic heterocycles. The van der Waals surface area contributed by atoms with Crippen LogP contribution in [-0.4, -0.2) is 17.0 Å². The Labute approximate surface area is 108 Å². The molecule has 3 heteroatoms. The molecule has 0 aliphatic carbocycles. The van der Waals surface area contributed by atoms with Gasteiger partial charge in [0.25, 0.3) is 0 Å². The summed E-state index contributed by atoms with van der Waals surface area (Å²) in [6.45, 7) is 7.63.